The van der Waals surface area contributed by atoms with Gasteiger partial charge in [0.05, 0.1) is 17.6 Å². The number of aliphatic hydroxyl groups is 1. The Hall–Kier alpha value is -0.170. The maximum absolute atomic E-state index is 11.4. The number of likely N-dealkylation sites (tertiary alicyclic amines) is 1. The van der Waals surface area contributed by atoms with Crippen molar-refractivity contribution in [1.29, 1.82) is 0 Å². The van der Waals surface area contributed by atoms with Crippen molar-refractivity contribution < 1.29 is 13.5 Å². The van der Waals surface area contributed by atoms with Gasteiger partial charge in [-0.05, 0) is 39.3 Å². The second-order valence-electron chi connectivity index (χ2n) is 5.90. The minimum absolute atomic E-state index is 0.0782. The average molecular weight is 276 g/mol. The van der Waals surface area contributed by atoms with Crippen LogP contribution in [0.2, 0.25) is 0 Å². The molecule has 2 aliphatic rings. The zero-order chi connectivity index (χ0) is 13.3. The summed E-state index contributed by atoms with van der Waals surface area (Å²) in [5, 5.41) is 12.9. The van der Waals surface area contributed by atoms with Gasteiger partial charge < -0.3 is 15.3 Å². The molecule has 0 bridgehead atoms. The number of hydrogen-bond donors (Lipinski definition) is 2. The normalized spacial score (nSPS) is 36.6. The second kappa shape index (κ2) is 5.45. The molecule has 2 saturated heterocycles. The largest absolute Gasteiger partial charge is 0.390 e. The zero-order valence-electron chi connectivity index (χ0n) is 11.2. The van der Waals surface area contributed by atoms with E-state index in [1.807, 2.05) is 0 Å². The molecule has 0 radical (unpaired) electrons. The predicted octanol–water partition coefficient (Wildman–Crippen LogP) is -0.536. The van der Waals surface area contributed by atoms with Crippen LogP contribution >= 0.6 is 0 Å². The highest BCUT2D eigenvalue weighted by Crippen LogP contribution is 2.19. The van der Waals surface area contributed by atoms with Crippen LogP contribution in [0.3, 0.4) is 0 Å². The topological polar surface area (TPSA) is 69.6 Å². The third kappa shape index (κ3) is 3.44. The van der Waals surface area contributed by atoms with E-state index in [1.165, 1.54) is 0 Å². The van der Waals surface area contributed by atoms with E-state index in [0.29, 0.717) is 12.0 Å². The number of hydrogen-bond acceptors (Lipinski definition) is 5. The van der Waals surface area contributed by atoms with Crippen LogP contribution in [0.1, 0.15) is 20.3 Å². The first-order valence-corrected chi connectivity index (χ1v) is 8.55. The van der Waals surface area contributed by atoms with Gasteiger partial charge in [-0.2, -0.15) is 0 Å². The van der Waals surface area contributed by atoms with Gasteiger partial charge in [0.1, 0.15) is 0 Å². The van der Waals surface area contributed by atoms with Crippen LogP contribution in [0.25, 0.3) is 0 Å². The molecule has 5 nitrogen and oxygen atoms in total. The summed E-state index contributed by atoms with van der Waals surface area (Å²) < 4.78 is 22.8. The number of nitrogens with one attached hydrogen (secondary N) is 1. The van der Waals surface area contributed by atoms with Crippen molar-refractivity contribution >= 4 is 9.84 Å². The van der Waals surface area contributed by atoms with Crippen molar-refractivity contribution in [2.45, 2.75) is 38.5 Å². The molecule has 2 fully saturated rings. The van der Waals surface area contributed by atoms with Gasteiger partial charge in [0.2, 0.25) is 0 Å². The first-order chi connectivity index (χ1) is 8.37. The SMILES string of the molecule is CC(C)N1CCC(CNC2CS(=O)(=O)CC2O)C1. The first-order valence-electron chi connectivity index (χ1n) is 6.73. The van der Waals surface area contributed by atoms with Gasteiger partial charge in [0, 0.05) is 18.6 Å². The summed E-state index contributed by atoms with van der Waals surface area (Å²) in [6.45, 7) is 7.39. The van der Waals surface area contributed by atoms with E-state index >= 15 is 0 Å². The Balaban J connectivity index is 1.76. The monoisotopic (exact) mass is 276 g/mol. The summed E-state index contributed by atoms with van der Waals surface area (Å²) in [6, 6.07) is 0.301. The van der Waals surface area contributed by atoms with Crippen LogP contribution in [-0.4, -0.2) is 67.8 Å². The quantitative estimate of drug-likeness (QED) is 0.722. The lowest BCUT2D eigenvalue weighted by Crippen LogP contribution is -2.42. The van der Waals surface area contributed by atoms with E-state index in [0.717, 1.165) is 26.1 Å². The van der Waals surface area contributed by atoms with Gasteiger partial charge in [-0.15, -0.1) is 0 Å². The van der Waals surface area contributed by atoms with E-state index in [9.17, 15) is 13.5 Å². The Labute approximate surface area is 109 Å². The smallest absolute Gasteiger partial charge is 0.154 e. The highest BCUT2D eigenvalue weighted by atomic mass is 32.2. The molecule has 0 aromatic heterocycles. The molecule has 0 saturated carbocycles. The van der Waals surface area contributed by atoms with Crippen molar-refractivity contribution in [2.75, 3.05) is 31.1 Å². The maximum atomic E-state index is 11.4. The van der Waals surface area contributed by atoms with Crippen LogP contribution in [0.4, 0.5) is 0 Å². The van der Waals surface area contributed by atoms with E-state index < -0.39 is 15.9 Å². The molecule has 3 unspecified atom stereocenters. The average Bonchev–Trinajstić information content (AvgIpc) is 2.80. The molecule has 3 atom stereocenters. The summed E-state index contributed by atoms with van der Waals surface area (Å²) >= 11 is 0. The Kier molecular flexibility index (Phi) is 4.31. The molecule has 0 aliphatic carbocycles. The fourth-order valence-corrected chi connectivity index (χ4v) is 4.62. The summed E-state index contributed by atoms with van der Waals surface area (Å²) in [5.41, 5.74) is 0. The van der Waals surface area contributed by atoms with Crippen LogP contribution in [0.15, 0.2) is 0 Å². The van der Waals surface area contributed by atoms with E-state index in [-0.39, 0.29) is 17.5 Å². The summed E-state index contributed by atoms with van der Waals surface area (Å²) in [7, 11) is -3.04. The van der Waals surface area contributed by atoms with Crippen molar-refractivity contribution in [2.24, 2.45) is 5.92 Å². The van der Waals surface area contributed by atoms with E-state index in [2.05, 4.69) is 24.1 Å². The molecule has 6 heteroatoms. The van der Waals surface area contributed by atoms with Crippen molar-refractivity contribution in [1.82, 2.24) is 10.2 Å². The minimum atomic E-state index is -3.04. The third-order valence-corrected chi connectivity index (χ3v) is 5.76. The fourth-order valence-electron chi connectivity index (χ4n) is 2.84. The number of rotatable bonds is 4. The van der Waals surface area contributed by atoms with Gasteiger partial charge >= 0.3 is 0 Å². The van der Waals surface area contributed by atoms with Gasteiger partial charge in [0.15, 0.2) is 9.84 Å². The molecular formula is C12H24N2O3S. The molecule has 0 aromatic carbocycles. The fraction of sp³-hybridized carbons (Fsp3) is 1.00. The highest BCUT2D eigenvalue weighted by molar-refractivity contribution is 7.91. The van der Waals surface area contributed by atoms with Gasteiger partial charge in [-0.3, -0.25) is 0 Å². The Morgan fingerprint density at radius 2 is 2.11 bits per heavy atom. The lowest BCUT2D eigenvalue weighted by Gasteiger charge is -2.21. The molecule has 18 heavy (non-hydrogen) atoms. The zero-order valence-corrected chi connectivity index (χ0v) is 12.0. The predicted molar refractivity (Wildman–Crippen MR) is 71.3 cm³/mol. The molecule has 0 aromatic rings. The lowest BCUT2D eigenvalue weighted by molar-refractivity contribution is 0.162. The molecule has 2 heterocycles. The lowest BCUT2D eigenvalue weighted by atomic mass is 10.1. The van der Waals surface area contributed by atoms with Gasteiger partial charge in [-0.25, -0.2) is 8.42 Å². The van der Waals surface area contributed by atoms with Gasteiger partial charge in [-0.1, -0.05) is 0 Å². The molecule has 2 aliphatic heterocycles. The van der Waals surface area contributed by atoms with Crippen molar-refractivity contribution in [3.8, 4) is 0 Å². The molecule has 0 spiro atoms. The Morgan fingerprint density at radius 1 is 1.39 bits per heavy atom. The molecule has 106 valence electrons. The maximum Gasteiger partial charge on any atom is 0.154 e. The standard InChI is InChI=1S/C12H24N2O3S/c1-9(2)14-4-3-10(6-14)5-13-11-7-18(16,17)8-12(11)15/h9-13,15H,3-8H2,1-2H3. The first kappa shape index (κ1) is 14.2. The summed E-state index contributed by atoms with van der Waals surface area (Å²) in [6.07, 6.45) is 0.415. The van der Waals surface area contributed by atoms with Crippen molar-refractivity contribution in [3.63, 3.8) is 0 Å². The second-order valence-corrected chi connectivity index (χ2v) is 8.06. The summed E-state index contributed by atoms with van der Waals surface area (Å²) in [5.74, 6) is 0.560. The molecule has 0 amide bonds. The Morgan fingerprint density at radius 3 is 2.61 bits per heavy atom. The Bertz CT molecular complexity index is 383. The molecular weight excluding hydrogens is 252 g/mol. The van der Waals surface area contributed by atoms with Crippen LogP contribution < -0.4 is 5.32 Å². The molecule has 2 N–H and O–H groups in total. The van der Waals surface area contributed by atoms with E-state index in [1.54, 1.807) is 0 Å². The van der Waals surface area contributed by atoms with Crippen molar-refractivity contribution in [3.05, 3.63) is 0 Å². The number of aliphatic hydroxyl groups excluding tert-OH is 1. The minimum Gasteiger partial charge on any atom is -0.390 e. The number of nitrogens with zero attached hydrogens (tertiary/aromatic N) is 1. The third-order valence-electron chi connectivity index (χ3n) is 4.04. The van der Waals surface area contributed by atoms with Crippen LogP contribution in [-0.2, 0) is 9.84 Å². The summed E-state index contributed by atoms with van der Waals surface area (Å²) in [4.78, 5) is 2.44. The highest BCUT2D eigenvalue weighted by Gasteiger charge is 2.36. The number of sulfone groups is 1. The van der Waals surface area contributed by atoms with Crippen LogP contribution in [0, 0.1) is 5.92 Å². The molecule has 2 rings (SSSR count). The van der Waals surface area contributed by atoms with E-state index in [4.69, 9.17) is 0 Å². The van der Waals surface area contributed by atoms with Gasteiger partial charge in [0.25, 0.3) is 0 Å². The van der Waals surface area contributed by atoms with Crippen LogP contribution in [0.5, 0.6) is 0 Å².